The number of methoxy groups -OCH3 is 1. The van der Waals surface area contributed by atoms with Crippen LogP contribution in [0.5, 0.6) is 11.5 Å². The van der Waals surface area contributed by atoms with Crippen molar-refractivity contribution in [3.8, 4) is 11.5 Å². The number of rotatable bonds is 11. The van der Waals surface area contributed by atoms with Gasteiger partial charge in [-0.1, -0.05) is 56.4 Å². The van der Waals surface area contributed by atoms with Gasteiger partial charge in [0.2, 0.25) is 0 Å². The van der Waals surface area contributed by atoms with E-state index >= 15 is 0 Å². The van der Waals surface area contributed by atoms with Gasteiger partial charge in [-0.05, 0) is 69.0 Å². The van der Waals surface area contributed by atoms with Crippen molar-refractivity contribution in [1.29, 1.82) is 0 Å². The molecule has 0 aromatic heterocycles. The molecule has 1 aliphatic heterocycles. The maximum atomic E-state index is 6.66. The minimum Gasteiger partial charge on any atom is -0.497 e. The Morgan fingerprint density at radius 1 is 1.03 bits per heavy atom. The molecule has 2 atom stereocenters. The molecule has 196 valence electrons. The molecule has 2 aromatic rings. The number of anilines is 1. The van der Waals surface area contributed by atoms with Gasteiger partial charge in [-0.25, -0.2) is 0 Å². The van der Waals surface area contributed by atoms with Gasteiger partial charge in [-0.15, -0.1) is 0 Å². The lowest BCUT2D eigenvalue weighted by Crippen LogP contribution is -2.51. The van der Waals surface area contributed by atoms with Crippen molar-refractivity contribution in [2.75, 3.05) is 25.6 Å². The number of fused-ring (bicyclic) bond motifs is 1. The predicted molar refractivity (Wildman–Crippen MR) is 146 cm³/mol. The van der Waals surface area contributed by atoms with E-state index in [1.165, 1.54) is 37.7 Å². The Morgan fingerprint density at radius 3 is 2.53 bits per heavy atom. The van der Waals surface area contributed by atoms with Gasteiger partial charge >= 0.3 is 0 Å². The van der Waals surface area contributed by atoms with E-state index in [0.717, 1.165) is 48.2 Å². The Labute approximate surface area is 217 Å². The number of hydrogen-bond acceptors (Lipinski definition) is 5. The standard InChI is InChI=1S/C31H43NO4/c1-5-6-19-35-30-29(34-20-18-23-10-8-7-9-11-23)27-21-25(14-17-28(27)36-31(30,2)3)32-22-24-12-15-26(33-4)16-13-24/h5-6,12-17,21,23,29-30,32H,7-11,18-20,22H2,1-4H3/b6-5+. The van der Waals surface area contributed by atoms with Crippen LogP contribution < -0.4 is 14.8 Å². The zero-order valence-corrected chi connectivity index (χ0v) is 22.4. The molecule has 2 aromatic carbocycles. The van der Waals surface area contributed by atoms with Crippen LogP contribution in [-0.2, 0) is 16.0 Å². The second kappa shape index (κ2) is 12.6. The average molecular weight is 494 g/mol. The van der Waals surface area contributed by atoms with Gasteiger partial charge in [0.25, 0.3) is 0 Å². The van der Waals surface area contributed by atoms with Crippen LogP contribution in [0.25, 0.3) is 0 Å². The van der Waals surface area contributed by atoms with E-state index in [1.807, 2.05) is 31.2 Å². The maximum absolute atomic E-state index is 6.66. The number of benzene rings is 2. The van der Waals surface area contributed by atoms with Crippen LogP contribution in [0, 0.1) is 5.92 Å². The summed E-state index contributed by atoms with van der Waals surface area (Å²) in [6.45, 7) is 8.23. The zero-order chi connectivity index (χ0) is 25.4. The Kier molecular flexibility index (Phi) is 9.33. The summed E-state index contributed by atoms with van der Waals surface area (Å²) >= 11 is 0. The second-order valence-electron chi connectivity index (χ2n) is 10.6. The van der Waals surface area contributed by atoms with Crippen molar-refractivity contribution >= 4 is 5.69 Å². The van der Waals surface area contributed by atoms with Crippen LogP contribution in [0.15, 0.2) is 54.6 Å². The molecule has 0 spiro atoms. The molecule has 5 nitrogen and oxygen atoms in total. The zero-order valence-electron chi connectivity index (χ0n) is 22.4. The normalized spacial score (nSPS) is 21.7. The fraction of sp³-hybridized carbons (Fsp3) is 0.548. The summed E-state index contributed by atoms with van der Waals surface area (Å²) in [4.78, 5) is 0. The molecule has 0 saturated heterocycles. The summed E-state index contributed by atoms with van der Waals surface area (Å²) in [6.07, 6.45) is 11.6. The minimum atomic E-state index is -0.498. The molecular formula is C31H43NO4. The maximum Gasteiger partial charge on any atom is 0.132 e. The molecule has 1 saturated carbocycles. The van der Waals surface area contributed by atoms with Crippen molar-refractivity contribution in [2.45, 2.75) is 83.6 Å². The lowest BCUT2D eigenvalue weighted by Gasteiger charge is -2.44. The van der Waals surface area contributed by atoms with E-state index in [2.05, 4.69) is 49.5 Å². The van der Waals surface area contributed by atoms with Gasteiger partial charge in [0.05, 0.1) is 13.7 Å². The Hall–Kier alpha value is -2.50. The molecule has 2 unspecified atom stereocenters. The first-order valence-electron chi connectivity index (χ1n) is 13.5. The number of ether oxygens (including phenoxy) is 4. The predicted octanol–water partition coefficient (Wildman–Crippen LogP) is 7.47. The number of allylic oxidation sites excluding steroid dienone is 1. The molecule has 1 aliphatic carbocycles. The highest BCUT2D eigenvalue weighted by Gasteiger charge is 2.45. The molecular weight excluding hydrogens is 450 g/mol. The third-order valence-corrected chi connectivity index (χ3v) is 7.46. The third kappa shape index (κ3) is 6.83. The van der Waals surface area contributed by atoms with Crippen molar-refractivity contribution in [2.24, 2.45) is 5.92 Å². The van der Waals surface area contributed by atoms with Gasteiger partial charge in [-0.2, -0.15) is 0 Å². The minimum absolute atomic E-state index is 0.180. The fourth-order valence-corrected chi connectivity index (χ4v) is 5.35. The van der Waals surface area contributed by atoms with Crippen LogP contribution in [0.1, 0.15) is 76.5 Å². The van der Waals surface area contributed by atoms with Crippen LogP contribution in [-0.4, -0.2) is 32.0 Å². The first-order chi connectivity index (χ1) is 17.5. The van der Waals surface area contributed by atoms with Crippen molar-refractivity contribution in [3.63, 3.8) is 0 Å². The van der Waals surface area contributed by atoms with E-state index in [-0.39, 0.29) is 12.2 Å². The summed E-state index contributed by atoms with van der Waals surface area (Å²) < 4.78 is 24.8. The quantitative estimate of drug-likeness (QED) is 0.329. The van der Waals surface area contributed by atoms with Gasteiger partial charge < -0.3 is 24.3 Å². The largest absolute Gasteiger partial charge is 0.497 e. The van der Waals surface area contributed by atoms with Gasteiger partial charge in [-0.3, -0.25) is 0 Å². The van der Waals surface area contributed by atoms with Gasteiger partial charge in [0.15, 0.2) is 0 Å². The smallest absolute Gasteiger partial charge is 0.132 e. The molecule has 1 fully saturated rings. The van der Waals surface area contributed by atoms with Crippen LogP contribution in [0.3, 0.4) is 0 Å². The summed E-state index contributed by atoms with van der Waals surface area (Å²) in [5.41, 5.74) is 2.80. The Balaban J connectivity index is 1.51. The molecule has 4 rings (SSSR count). The Bertz CT molecular complexity index is 979. The number of nitrogens with one attached hydrogen (secondary N) is 1. The third-order valence-electron chi connectivity index (χ3n) is 7.46. The molecule has 0 radical (unpaired) electrons. The average Bonchev–Trinajstić information content (AvgIpc) is 2.89. The van der Waals surface area contributed by atoms with Gasteiger partial charge in [0, 0.05) is 24.4 Å². The summed E-state index contributed by atoms with van der Waals surface area (Å²) in [5, 5.41) is 3.56. The summed E-state index contributed by atoms with van der Waals surface area (Å²) in [7, 11) is 1.69. The topological polar surface area (TPSA) is 49.0 Å². The Morgan fingerprint density at radius 2 is 1.81 bits per heavy atom. The summed E-state index contributed by atoms with van der Waals surface area (Å²) in [5.74, 6) is 2.53. The first kappa shape index (κ1) is 26.6. The lowest BCUT2D eigenvalue weighted by atomic mass is 9.86. The highest BCUT2D eigenvalue weighted by molar-refractivity contribution is 5.54. The highest BCUT2D eigenvalue weighted by Crippen LogP contribution is 2.44. The van der Waals surface area contributed by atoms with Crippen LogP contribution in [0.2, 0.25) is 0 Å². The van der Waals surface area contributed by atoms with E-state index in [9.17, 15) is 0 Å². The van der Waals surface area contributed by atoms with Crippen molar-refractivity contribution < 1.29 is 18.9 Å². The van der Waals surface area contributed by atoms with Crippen LogP contribution >= 0.6 is 0 Å². The second-order valence-corrected chi connectivity index (χ2v) is 10.6. The molecule has 1 heterocycles. The monoisotopic (exact) mass is 493 g/mol. The molecule has 36 heavy (non-hydrogen) atoms. The molecule has 2 aliphatic rings. The van der Waals surface area contributed by atoms with Crippen molar-refractivity contribution in [3.05, 3.63) is 65.7 Å². The lowest BCUT2D eigenvalue weighted by molar-refractivity contribution is -0.158. The van der Waals surface area contributed by atoms with E-state index in [1.54, 1.807) is 7.11 Å². The molecule has 0 bridgehead atoms. The first-order valence-corrected chi connectivity index (χ1v) is 13.5. The van der Waals surface area contributed by atoms with E-state index < -0.39 is 5.60 Å². The number of hydrogen-bond donors (Lipinski definition) is 1. The van der Waals surface area contributed by atoms with Crippen LogP contribution in [0.4, 0.5) is 5.69 Å². The van der Waals surface area contributed by atoms with E-state index in [4.69, 9.17) is 18.9 Å². The fourth-order valence-electron chi connectivity index (χ4n) is 5.35. The van der Waals surface area contributed by atoms with E-state index in [0.29, 0.717) is 6.61 Å². The van der Waals surface area contributed by atoms with Crippen molar-refractivity contribution in [1.82, 2.24) is 0 Å². The highest BCUT2D eigenvalue weighted by atomic mass is 16.6. The summed E-state index contributed by atoms with van der Waals surface area (Å²) in [6, 6.07) is 14.5. The molecule has 1 N–H and O–H groups in total. The molecule has 0 amide bonds. The van der Waals surface area contributed by atoms with Gasteiger partial charge in [0.1, 0.15) is 29.3 Å². The SMILES string of the molecule is C/C=C/COC1C(OCCC2CCCCC2)c2cc(NCc3ccc(OC)cc3)ccc2OC1(C)C. The molecule has 5 heteroatoms.